The summed E-state index contributed by atoms with van der Waals surface area (Å²) < 4.78 is 7.45. The van der Waals surface area contributed by atoms with Crippen LogP contribution in [-0.2, 0) is 0 Å². The zero-order valence-electron chi connectivity index (χ0n) is 16.7. The highest BCUT2D eigenvalue weighted by atomic mass is 16.4. The van der Waals surface area contributed by atoms with Crippen LogP contribution in [0.25, 0.3) is 27.7 Å². The van der Waals surface area contributed by atoms with Gasteiger partial charge in [0, 0.05) is 55.6 Å². The largest absolute Gasteiger partial charge is 0.422 e. The highest BCUT2D eigenvalue weighted by Crippen LogP contribution is 2.26. The van der Waals surface area contributed by atoms with Gasteiger partial charge in [0.1, 0.15) is 11.3 Å². The Morgan fingerprint density at radius 3 is 2.59 bits per heavy atom. The summed E-state index contributed by atoms with van der Waals surface area (Å²) in [4.78, 5) is 17.5. The highest BCUT2D eigenvalue weighted by molar-refractivity contribution is 5.84. The number of fused-ring (bicyclic) bond motifs is 2. The summed E-state index contributed by atoms with van der Waals surface area (Å²) >= 11 is 0. The zero-order chi connectivity index (χ0) is 20.0. The molecule has 6 nitrogen and oxygen atoms in total. The van der Waals surface area contributed by atoms with Gasteiger partial charge in [-0.15, -0.1) is 0 Å². The van der Waals surface area contributed by atoms with E-state index >= 15 is 0 Å². The second-order valence-corrected chi connectivity index (χ2v) is 7.89. The van der Waals surface area contributed by atoms with Crippen LogP contribution < -0.4 is 10.5 Å². The first-order valence-corrected chi connectivity index (χ1v) is 10.1. The van der Waals surface area contributed by atoms with Gasteiger partial charge >= 0.3 is 5.63 Å². The van der Waals surface area contributed by atoms with Gasteiger partial charge in [0.15, 0.2) is 0 Å². The number of hydrogen-bond donors (Lipinski definition) is 0. The van der Waals surface area contributed by atoms with E-state index < -0.39 is 0 Å². The number of piperazine rings is 1. The van der Waals surface area contributed by atoms with E-state index in [2.05, 4.69) is 34.8 Å². The Hall–Kier alpha value is -3.12. The number of hydrogen-bond acceptors (Lipinski definition) is 5. The molecule has 0 radical (unpaired) electrons. The van der Waals surface area contributed by atoms with Crippen LogP contribution in [0.2, 0.25) is 0 Å². The highest BCUT2D eigenvalue weighted by Gasteiger charge is 2.20. The first-order valence-electron chi connectivity index (χ1n) is 10.1. The van der Waals surface area contributed by atoms with E-state index in [4.69, 9.17) is 4.42 Å². The average molecular weight is 388 g/mol. The smallest absolute Gasteiger partial charge is 0.345 e. The van der Waals surface area contributed by atoms with Crippen molar-refractivity contribution in [1.29, 1.82) is 0 Å². The van der Waals surface area contributed by atoms with Crippen molar-refractivity contribution in [2.75, 3.05) is 31.1 Å². The Labute approximate surface area is 169 Å². The Kier molecular flexibility index (Phi) is 4.36. The monoisotopic (exact) mass is 388 g/mol. The summed E-state index contributed by atoms with van der Waals surface area (Å²) in [6.45, 7) is 8.53. The molecule has 1 aliphatic heterocycles. The van der Waals surface area contributed by atoms with Crippen molar-refractivity contribution < 1.29 is 4.42 Å². The molecule has 5 rings (SSSR count). The van der Waals surface area contributed by atoms with Crippen LogP contribution in [0.15, 0.2) is 63.9 Å². The van der Waals surface area contributed by atoms with Gasteiger partial charge in [-0.2, -0.15) is 5.10 Å². The molecule has 0 aliphatic carbocycles. The SMILES string of the molecule is CC(C)N1CCN(c2ccc3cc(-c4cc5ccccn5n4)c(=O)oc3c2)CC1. The first kappa shape index (κ1) is 17.9. The summed E-state index contributed by atoms with van der Waals surface area (Å²) in [5.41, 5.74) is 3.41. The van der Waals surface area contributed by atoms with E-state index in [1.807, 2.05) is 48.7 Å². The van der Waals surface area contributed by atoms with Crippen LogP contribution >= 0.6 is 0 Å². The molecule has 3 aromatic heterocycles. The molecule has 6 heteroatoms. The molecule has 1 fully saturated rings. The van der Waals surface area contributed by atoms with Gasteiger partial charge in [0.05, 0.1) is 11.1 Å². The fraction of sp³-hybridized carbons (Fsp3) is 0.304. The molecule has 4 aromatic rings. The molecule has 1 aromatic carbocycles. The van der Waals surface area contributed by atoms with Crippen molar-refractivity contribution in [2.24, 2.45) is 0 Å². The molecule has 0 unspecified atom stereocenters. The van der Waals surface area contributed by atoms with E-state index in [1.165, 1.54) is 0 Å². The lowest BCUT2D eigenvalue weighted by Gasteiger charge is -2.38. The Balaban J connectivity index is 1.47. The van der Waals surface area contributed by atoms with Crippen molar-refractivity contribution in [3.05, 3.63) is 65.1 Å². The maximum atomic E-state index is 12.7. The third-order valence-corrected chi connectivity index (χ3v) is 5.78. The number of benzene rings is 1. The minimum absolute atomic E-state index is 0.359. The molecule has 0 spiro atoms. The summed E-state index contributed by atoms with van der Waals surface area (Å²) in [6.07, 6.45) is 1.87. The first-order chi connectivity index (χ1) is 14.1. The lowest BCUT2D eigenvalue weighted by molar-refractivity contribution is 0.209. The third-order valence-electron chi connectivity index (χ3n) is 5.78. The Morgan fingerprint density at radius 1 is 1.00 bits per heavy atom. The molecular formula is C23H24N4O2. The van der Waals surface area contributed by atoms with Gasteiger partial charge in [-0.05, 0) is 50.2 Å². The van der Waals surface area contributed by atoms with E-state index in [0.717, 1.165) is 42.8 Å². The lowest BCUT2D eigenvalue weighted by Crippen LogP contribution is -2.48. The maximum Gasteiger partial charge on any atom is 0.345 e. The maximum absolute atomic E-state index is 12.7. The van der Waals surface area contributed by atoms with Crippen LogP contribution in [0.1, 0.15) is 13.8 Å². The molecule has 148 valence electrons. The van der Waals surface area contributed by atoms with Crippen LogP contribution in [-0.4, -0.2) is 46.7 Å². The Bertz CT molecular complexity index is 1200. The average Bonchev–Trinajstić information content (AvgIpc) is 3.17. The summed E-state index contributed by atoms with van der Waals surface area (Å²) in [5, 5.41) is 5.41. The molecule has 0 amide bonds. The third kappa shape index (κ3) is 3.29. The van der Waals surface area contributed by atoms with Crippen LogP contribution in [0.5, 0.6) is 0 Å². The minimum Gasteiger partial charge on any atom is -0.422 e. The number of anilines is 1. The molecule has 4 heterocycles. The number of rotatable bonds is 3. The fourth-order valence-electron chi connectivity index (χ4n) is 4.04. The van der Waals surface area contributed by atoms with Gasteiger partial charge in [-0.25, -0.2) is 9.31 Å². The van der Waals surface area contributed by atoms with Crippen molar-refractivity contribution in [1.82, 2.24) is 14.5 Å². The van der Waals surface area contributed by atoms with E-state index in [1.54, 1.807) is 4.52 Å². The molecule has 0 atom stereocenters. The van der Waals surface area contributed by atoms with Gasteiger partial charge in [-0.3, -0.25) is 4.90 Å². The number of nitrogens with zero attached hydrogens (tertiary/aromatic N) is 4. The summed E-state index contributed by atoms with van der Waals surface area (Å²) in [7, 11) is 0. The van der Waals surface area contributed by atoms with Gasteiger partial charge < -0.3 is 9.32 Å². The van der Waals surface area contributed by atoms with Crippen molar-refractivity contribution in [3.63, 3.8) is 0 Å². The van der Waals surface area contributed by atoms with Crippen LogP contribution in [0, 0.1) is 0 Å². The van der Waals surface area contributed by atoms with Gasteiger partial charge in [0.25, 0.3) is 0 Å². The molecule has 0 saturated carbocycles. The molecule has 0 bridgehead atoms. The summed E-state index contributed by atoms with van der Waals surface area (Å²) in [6, 6.07) is 16.3. The topological polar surface area (TPSA) is 54.0 Å². The van der Waals surface area contributed by atoms with Crippen molar-refractivity contribution in [2.45, 2.75) is 19.9 Å². The predicted molar refractivity (Wildman–Crippen MR) is 116 cm³/mol. The van der Waals surface area contributed by atoms with E-state index in [0.29, 0.717) is 22.9 Å². The van der Waals surface area contributed by atoms with E-state index in [9.17, 15) is 4.79 Å². The molecule has 29 heavy (non-hydrogen) atoms. The van der Waals surface area contributed by atoms with E-state index in [-0.39, 0.29) is 5.63 Å². The molecular weight excluding hydrogens is 364 g/mol. The number of aromatic nitrogens is 2. The van der Waals surface area contributed by atoms with Gasteiger partial charge in [0.2, 0.25) is 0 Å². The number of pyridine rings is 1. The Morgan fingerprint density at radius 2 is 1.83 bits per heavy atom. The fourth-order valence-corrected chi connectivity index (χ4v) is 4.04. The van der Waals surface area contributed by atoms with Crippen LogP contribution in [0.3, 0.4) is 0 Å². The standard InChI is InChI=1S/C23H24N4O2/c1-16(2)25-9-11-26(12-10-25)18-7-6-17-13-20(23(28)29-22(17)15-18)21-14-19-5-3-4-8-27(19)24-21/h3-8,13-16H,9-12H2,1-2H3. The lowest BCUT2D eigenvalue weighted by atomic mass is 10.1. The van der Waals surface area contributed by atoms with Gasteiger partial charge in [-0.1, -0.05) is 6.07 Å². The normalized spacial score (nSPS) is 15.6. The zero-order valence-corrected chi connectivity index (χ0v) is 16.7. The molecule has 1 saturated heterocycles. The second-order valence-electron chi connectivity index (χ2n) is 7.89. The van der Waals surface area contributed by atoms with Crippen molar-refractivity contribution in [3.8, 4) is 11.3 Å². The quantitative estimate of drug-likeness (QED) is 0.502. The minimum atomic E-state index is -0.359. The molecule has 1 aliphatic rings. The summed E-state index contributed by atoms with van der Waals surface area (Å²) in [5.74, 6) is 0. The van der Waals surface area contributed by atoms with Crippen molar-refractivity contribution >= 4 is 22.2 Å². The second kappa shape index (κ2) is 7.04. The van der Waals surface area contributed by atoms with Crippen LogP contribution in [0.4, 0.5) is 5.69 Å². The predicted octanol–water partition coefficient (Wildman–Crippen LogP) is 3.64. The molecule has 0 N–H and O–H groups in total.